The molecule has 0 aliphatic rings. The van der Waals surface area contributed by atoms with E-state index in [9.17, 15) is 9.59 Å². The first-order valence-corrected chi connectivity index (χ1v) is 7.56. The maximum Gasteiger partial charge on any atom is 0.254 e. The van der Waals surface area contributed by atoms with Crippen molar-refractivity contribution in [2.45, 2.75) is 26.8 Å². The Morgan fingerprint density at radius 2 is 2.05 bits per heavy atom. The summed E-state index contributed by atoms with van der Waals surface area (Å²) in [5.74, 6) is -0.376. The summed E-state index contributed by atoms with van der Waals surface area (Å²) in [6, 6.07) is 5.05. The van der Waals surface area contributed by atoms with E-state index in [-0.39, 0.29) is 24.4 Å². The largest absolute Gasteiger partial charge is 0.352 e. The fourth-order valence-corrected chi connectivity index (χ4v) is 2.11. The predicted molar refractivity (Wildman–Crippen MR) is 84.0 cm³/mol. The molecule has 1 aromatic carbocycles. The molecule has 0 unspecified atom stereocenters. The molecule has 20 heavy (non-hydrogen) atoms. The first-order chi connectivity index (χ1) is 9.35. The van der Waals surface area contributed by atoms with Gasteiger partial charge in [0.1, 0.15) is 0 Å². The molecular weight excluding hydrogens is 344 g/mol. The second-order valence-corrected chi connectivity index (χ2v) is 5.93. The molecule has 0 aromatic heterocycles. The van der Waals surface area contributed by atoms with Crippen molar-refractivity contribution in [3.8, 4) is 0 Å². The number of benzene rings is 1. The van der Waals surface area contributed by atoms with Crippen molar-refractivity contribution in [2.75, 3.05) is 13.1 Å². The molecule has 0 fully saturated rings. The summed E-state index contributed by atoms with van der Waals surface area (Å²) < 4.78 is 0.733. The summed E-state index contributed by atoms with van der Waals surface area (Å²) in [6.07, 6.45) is 0. The average molecular weight is 362 g/mol. The third-order valence-corrected chi connectivity index (χ3v) is 3.85. The van der Waals surface area contributed by atoms with Crippen LogP contribution in [0.4, 0.5) is 0 Å². The lowest BCUT2D eigenvalue weighted by Crippen LogP contribution is -2.42. The highest BCUT2D eigenvalue weighted by Gasteiger charge is 2.18. The van der Waals surface area contributed by atoms with Crippen LogP contribution in [0, 0.1) is 0 Å². The standard InChI is InChI=1S/C14H18BrClN2O2/c1-4-18(8-13(19)17-9(2)3)14(20)10-5-6-11(15)12(16)7-10/h5-7,9H,4,8H2,1-3H3,(H,17,19). The number of halogens is 2. The van der Waals surface area contributed by atoms with Gasteiger partial charge in [-0.15, -0.1) is 0 Å². The predicted octanol–water partition coefficient (Wildman–Crippen LogP) is 3.09. The van der Waals surface area contributed by atoms with E-state index in [1.165, 1.54) is 4.90 Å². The molecule has 1 N–H and O–H groups in total. The molecule has 4 nitrogen and oxygen atoms in total. The summed E-state index contributed by atoms with van der Waals surface area (Å²) in [4.78, 5) is 25.6. The quantitative estimate of drug-likeness (QED) is 0.876. The van der Waals surface area contributed by atoms with Gasteiger partial charge in [0.15, 0.2) is 0 Å². The molecule has 6 heteroatoms. The molecule has 1 aromatic rings. The maximum absolute atomic E-state index is 12.3. The van der Waals surface area contributed by atoms with Crippen molar-refractivity contribution in [1.29, 1.82) is 0 Å². The molecule has 1 rings (SSSR count). The highest BCUT2D eigenvalue weighted by molar-refractivity contribution is 9.10. The molecule has 0 saturated heterocycles. The minimum absolute atomic E-state index is 0.0429. The van der Waals surface area contributed by atoms with E-state index in [1.54, 1.807) is 18.2 Å². The Morgan fingerprint density at radius 1 is 1.40 bits per heavy atom. The SMILES string of the molecule is CCN(CC(=O)NC(C)C)C(=O)c1ccc(Br)c(Cl)c1. The van der Waals surface area contributed by atoms with Gasteiger partial charge in [-0.2, -0.15) is 0 Å². The number of carbonyl (C=O) groups excluding carboxylic acids is 2. The molecule has 0 atom stereocenters. The number of nitrogens with one attached hydrogen (secondary N) is 1. The highest BCUT2D eigenvalue weighted by Crippen LogP contribution is 2.23. The maximum atomic E-state index is 12.3. The van der Waals surface area contributed by atoms with E-state index in [1.807, 2.05) is 20.8 Å². The van der Waals surface area contributed by atoms with Gasteiger partial charge in [-0.05, 0) is 54.9 Å². The number of hydrogen-bond acceptors (Lipinski definition) is 2. The Kier molecular flexibility index (Phi) is 6.49. The third-order valence-electron chi connectivity index (χ3n) is 2.62. The number of rotatable bonds is 5. The zero-order valence-electron chi connectivity index (χ0n) is 11.7. The van der Waals surface area contributed by atoms with Crippen molar-refractivity contribution in [3.05, 3.63) is 33.3 Å². The highest BCUT2D eigenvalue weighted by atomic mass is 79.9. The summed E-state index contributed by atoms with van der Waals surface area (Å²) in [7, 11) is 0. The fourth-order valence-electron chi connectivity index (χ4n) is 1.68. The molecule has 0 saturated carbocycles. The molecule has 0 aliphatic heterocycles. The van der Waals surface area contributed by atoms with Crippen LogP contribution < -0.4 is 5.32 Å². The van der Waals surface area contributed by atoms with Crippen molar-refractivity contribution in [3.63, 3.8) is 0 Å². The van der Waals surface area contributed by atoms with E-state index in [0.29, 0.717) is 17.1 Å². The molecule has 0 aliphatic carbocycles. The summed E-state index contributed by atoms with van der Waals surface area (Å²) in [5, 5.41) is 3.24. The Labute approximate surface area is 132 Å². The number of nitrogens with zero attached hydrogens (tertiary/aromatic N) is 1. The van der Waals surface area contributed by atoms with E-state index < -0.39 is 0 Å². The normalized spacial score (nSPS) is 10.5. The molecular formula is C14H18BrClN2O2. The molecule has 110 valence electrons. The van der Waals surface area contributed by atoms with Crippen LogP contribution in [-0.4, -0.2) is 35.8 Å². The Balaban J connectivity index is 2.81. The van der Waals surface area contributed by atoms with Crippen LogP contribution in [-0.2, 0) is 4.79 Å². The van der Waals surface area contributed by atoms with Crippen molar-refractivity contribution < 1.29 is 9.59 Å². The molecule has 2 amide bonds. The van der Waals surface area contributed by atoms with Crippen LogP contribution in [0.25, 0.3) is 0 Å². The zero-order chi connectivity index (χ0) is 15.3. The van der Waals surface area contributed by atoms with E-state index in [2.05, 4.69) is 21.2 Å². The van der Waals surface area contributed by atoms with Gasteiger partial charge in [-0.1, -0.05) is 11.6 Å². The molecule has 0 spiro atoms. The van der Waals surface area contributed by atoms with Gasteiger partial charge < -0.3 is 10.2 Å². The Hall–Kier alpha value is -1.07. The molecule has 0 bridgehead atoms. The monoisotopic (exact) mass is 360 g/mol. The third kappa shape index (κ3) is 4.80. The van der Waals surface area contributed by atoms with Crippen molar-refractivity contribution >= 4 is 39.3 Å². The molecule has 0 radical (unpaired) electrons. The fraction of sp³-hybridized carbons (Fsp3) is 0.429. The van der Waals surface area contributed by atoms with Crippen molar-refractivity contribution in [2.24, 2.45) is 0 Å². The summed E-state index contributed by atoms with van der Waals surface area (Å²) in [5.41, 5.74) is 0.470. The number of likely N-dealkylation sites (N-methyl/N-ethyl adjacent to an activating group) is 1. The minimum Gasteiger partial charge on any atom is -0.352 e. The number of carbonyl (C=O) groups is 2. The van der Waals surface area contributed by atoms with Crippen LogP contribution in [0.15, 0.2) is 22.7 Å². The van der Waals surface area contributed by atoms with Crippen LogP contribution in [0.3, 0.4) is 0 Å². The van der Waals surface area contributed by atoms with Gasteiger partial charge in [0.25, 0.3) is 5.91 Å². The first kappa shape index (κ1) is 17.0. The van der Waals surface area contributed by atoms with Gasteiger partial charge in [0.05, 0.1) is 11.6 Å². The Bertz CT molecular complexity index is 506. The average Bonchev–Trinajstić information content (AvgIpc) is 2.37. The lowest BCUT2D eigenvalue weighted by Gasteiger charge is -2.21. The smallest absolute Gasteiger partial charge is 0.254 e. The van der Waals surface area contributed by atoms with Crippen LogP contribution in [0.2, 0.25) is 5.02 Å². The Morgan fingerprint density at radius 3 is 2.55 bits per heavy atom. The van der Waals surface area contributed by atoms with Gasteiger partial charge in [-0.25, -0.2) is 0 Å². The molecule has 0 heterocycles. The first-order valence-electron chi connectivity index (χ1n) is 6.38. The van der Waals surface area contributed by atoms with Crippen LogP contribution >= 0.6 is 27.5 Å². The van der Waals surface area contributed by atoms with Gasteiger partial charge in [0, 0.05) is 22.6 Å². The number of hydrogen-bond donors (Lipinski definition) is 1. The van der Waals surface area contributed by atoms with Crippen molar-refractivity contribution in [1.82, 2.24) is 10.2 Å². The lowest BCUT2D eigenvalue weighted by atomic mass is 10.2. The van der Waals surface area contributed by atoms with Gasteiger partial charge in [-0.3, -0.25) is 9.59 Å². The van der Waals surface area contributed by atoms with E-state index >= 15 is 0 Å². The summed E-state index contributed by atoms with van der Waals surface area (Å²) >= 11 is 9.26. The van der Waals surface area contributed by atoms with E-state index in [4.69, 9.17) is 11.6 Å². The van der Waals surface area contributed by atoms with Gasteiger partial charge in [0.2, 0.25) is 5.91 Å². The van der Waals surface area contributed by atoms with E-state index in [0.717, 1.165) is 4.47 Å². The van der Waals surface area contributed by atoms with Gasteiger partial charge >= 0.3 is 0 Å². The number of amides is 2. The second-order valence-electron chi connectivity index (χ2n) is 4.67. The summed E-state index contributed by atoms with van der Waals surface area (Å²) in [6.45, 7) is 6.09. The second kappa shape index (κ2) is 7.64. The minimum atomic E-state index is -0.208. The lowest BCUT2D eigenvalue weighted by molar-refractivity contribution is -0.122. The zero-order valence-corrected chi connectivity index (χ0v) is 14.1. The topological polar surface area (TPSA) is 49.4 Å². The van der Waals surface area contributed by atoms with Crippen LogP contribution in [0.1, 0.15) is 31.1 Å². The van der Waals surface area contributed by atoms with Crippen LogP contribution in [0.5, 0.6) is 0 Å².